The highest BCUT2D eigenvalue weighted by atomic mass is 32.1. The van der Waals surface area contributed by atoms with Crippen LogP contribution in [0.25, 0.3) is 56.0 Å². The molecule has 0 amide bonds. The molecule has 0 saturated heterocycles. The van der Waals surface area contributed by atoms with Crippen LogP contribution in [0.4, 0.5) is 0 Å². The summed E-state index contributed by atoms with van der Waals surface area (Å²) in [5, 5.41) is 12.9. The number of aromatic nitrogens is 7. The molecule has 0 bridgehead atoms. The van der Waals surface area contributed by atoms with Crippen molar-refractivity contribution in [1.29, 1.82) is 0 Å². The molecule has 2 N–H and O–H groups in total. The summed E-state index contributed by atoms with van der Waals surface area (Å²) in [7, 11) is 2.00. The van der Waals surface area contributed by atoms with Gasteiger partial charge in [0.2, 0.25) is 0 Å². The molecule has 7 nitrogen and oxygen atoms in total. The third-order valence-corrected chi connectivity index (χ3v) is 6.19. The average molecular weight is 411 g/mol. The number of hydrogen-bond acceptors (Lipinski definition) is 5. The molecule has 8 heteroatoms. The standard InChI is InChI=1S/C22H17N7S/c1-12-24-10-19(29(12)2)16-3-4-17-20(25-16)21(28-27-17)18-9-15-14(13-6-8-30-11-13)5-7-23-22(15)26-18/h3-11H,1-2H3,(H,23,26)(H,27,28). The SMILES string of the molecule is Cc1ncc(-c2ccc3[nH]nc(-c4cc5c(-c6ccsc6)ccnc5[nH]4)c3n2)n1C. The minimum atomic E-state index is 0.778. The van der Waals surface area contributed by atoms with E-state index in [9.17, 15) is 0 Å². The molecular formula is C22H17N7S. The molecule has 0 atom stereocenters. The van der Waals surface area contributed by atoms with Gasteiger partial charge >= 0.3 is 0 Å². The summed E-state index contributed by atoms with van der Waals surface area (Å²) in [5.41, 5.74) is 8.38. The molecule has 0 aliphatic rings. The van der Waals surface area contributed by atoms with E-state index in [4.69, 9.17) is 4.98 Å². The van der Waals surface area contributed by atoms with Crippen molar-refractivity contribution in [2.24, 2.45) is 7.05 Å². The van der Waals surface area contributed by atoms with E-state index in [-0.39, 0.29) is 0 Å². The van der Waals surface area contributed by atoms with Crippen molar-refractivity contribution in [2.45, 2.75) is 6.92 Å². The molecule has 6 rings (SSSR count). The van der Waals surface area contributed by atoms with Gasteiger partial charge in [0.15, 0.2) is 0 Å². The van der Waals surface area contributed by atoms with E-state index in [0.717, 1.165) is 56.2 Å². The summed E-state index contributed by atoms with van der Waals surface area (Å²) >= 11 is 1.69. The van der Waals surface area contributed by atoms with Crippen LogP contribution in [0.5, 0.6) is 0 Å². The number of nitrogens with zero attached hydrogens (tertiary/aromatic N) is 5. The molecule has 30 heavy (non-hydrogen) atoms. The van der Waals surface area contributed by atoms with Gasteiger partial charge in [0.1, 0.15) is 22.7 Å². The zero-order valence-electron chi connectivity index (χ0n) is 16.3. The van der Waals surface area contributed by atoms with E-state index in [0.29, 0.717) is 0 Å². The highest BCUT2D eigenvalue weighted by molar-refractivity contribution is 7.08. The minimum absolute atomic E-state index is 0.778. The average Bonchev–Trinajstić information content (AvgIpc) is 3.54. The Morgan fingerprint density at radius 2 is 2.03 bits per heavy atom. The van der Waals surface area contributed by atoms with E-state index >= 15 is 0 Å². The summed E-state index contributed by atoms with van der Waals surface area (Å²) in [6, 6.07) is 10.3. The topological polar surface area (TPSA) is 88.1 Å². The number of aromatic amines is 2. The fourth-order valence-corrected chi connectivity index (χ4v) is 4.45. The monoisotopic (exact) mass is 411 g/mol. The normalized spacial score (nSPS) is 11.7. The fraction of sp³-hybridized carbons (Fsp3) is 0.0909. The molecule has 0 unspecified atom stereocenters. The highest BCUT2D eigenvalue weighted by Gasteiger charge is 2.17. The van der Waals surface area contributed by atoms with Gasteiger partial charge in [0.25, 0.3) is 0 Å². The molecule has 6 heterocycles. The zero-order chi connectivity index (χ0) is 20.2. The molecule has 6 aromatic heterocycles. The summed E-state index contributed by atoms with van der Waals surface area (Å²) in [5.74, 6) is 0.946. The second kappa shape index (κ2) is 6.36. The van der Waals surface area contributed by atoms with Crippen LogP contribution in [0.3, 0.4) is 0 Å². The number of hydrogen-bond donors (Lipinski definition) is 2. The summed E-state index contributed by atoms with van der Waals surface area (Å²) in [4.78, 5) is 17.2. The van der Waals surface area contributed by atoms with Gasteiger partial charge in [-0.1, -0.05) is 0 Å². The quantitative estimate of drug-likeness (QED) is 0.432. The first kappa shape index (κ1) is 17.1. The molecule has 0 aliphatic carbocycles. The summed E-state index contributed by atoms with van der Waals surface area (Å²) in [6.45, 7) is 1.98. The number of pyridine rings is 2. The van der Waals surface area contributed by atoms with Crippen LogP contribution in [-0.4, -0.2) is 34.7 Å². The van der Waals surface area contributed by atoms with Gasteiger partial charge in [0, 0.05) is 18.6 Å². The lowest BCUT2D eigenvalue weighted by molar-refractivity contribution is 0.862. The lowest BCUT2D eigenvalue weighted by atomic mass is 10.1. The van der Waals surface area contributed by atoms with E-state index in [2.05, 4.69) is 48.0 Å². The molecule has 0 saturated carbocycles. The molecule has 0 aromatic carbocycles. The Bertz CT molecular complexity index is 1520. The Morgan fingerprint density at radius 1 is 1.10 bits per heavy atom. The molecule has 0 fully saturated rings. The van der Waals surface area contributed by atoms with Crippen LogP contribution in [-0.2, 0) is 7.05 Å². The molecule has 146 valence electrons. The molecule has 0 aliphatic heterocycles. The van der Waals surface area contributed by atoms with E-state index in [1.807, 2.05) is 49.1 Å². The Hall–Kier alpha value is -3.78. The number of fused-ring (bicyclic) bond motifs is 2. The van der Waals surface area contributed by atoms with Gasteiger partial charge in [-0.15, -0.1) is 0 Å². The Kier molecular flexibility index (Phi) is 3.63. The first-order valence-electron chi connectivity index (χ1n) is 9.53. The largest absolute Gasteiger partial charge is 0.338 e. The Morgan fingerprint density at radius 3 is 2.83 bits per heavy atom. The van der Waals surface area contributed by atoms with Gasteiger partial charge in [-0.05, 0) is 59.1 Å². The molecule has 6 aromatic rings. The molecule has 0 radical (unpaired) electrons. The second-order valence-corrected chi connectivity index (χ2v) is 8.01. The number of nitrogens with one attached hydrogen (secondary N) is 2. The van der Waals surface area contributed by atoms with Gasteiger partial charge in [-0.25, -0.2) is 15.0 Å². The molecular weight excluding hydrogens is 394 g/mol. The van der Waals surface area contributed by atoms with Gasteiger partial charge < -0.3 is 9.55 Å². The van der Waals surface area contributed by atoms with Crippen molar-refractivity contribution in [3.05, 3.63) is 59.3 Å². The Balaban J connectivity index is 1.53. The maximum Gasteiger partial charge on any atom is 0.138 e. The van der Waals surface area contributed by atoms with Crippen molar-refractivity contribution in [2.75, 3.05) is 0 Å². The number of rotatable bonds is 3. The van der Waals surface area contributed by atoms with Crippen LogP contribution in [0.1, 0.15) is 5.82 Å². The highest BCUT2D eigenvalue weighted by Crippen LogP contribution is 2.34. The van der Waals surface area contributed by atoms with Crippen LogP contribution in [0.15, 0.2) is 53.5 Å². The lowest BCUT2D eigenvalue weighted by Crippen LogP contribution is -1.96. The third kappa shape index (κ3) is 2.50. The summed E-state index contributed by atoms with van der Waals surface area (Å²) in [6.07, 6.45) is 3.68. The maximum atomic E-state index is 4.91. The van der Waals surface area contributed by atoms with Gasteiger partial charge in [-0.3, -0.25) is 5.10 Å². The van der Waals surface area contributed by atoms with Crippen LogP contribution >= 0.6 is 11.3 Å². The second-order valence-electron chi connectivity index (χ2n) is 7.23. The van der Waals surface area contributed by atoms with Crippen molar-refractivity contribution in [1.82, 2.24) is 34.7 Å². The number of H-pyrrole nitrogens is 2. The van der Waals surface area contributed by atoms with E-state index in [1.165, 1.54) is 5.56 Å². The van der Waals surface area contributed by atoms with E-state index < -0.39 is 0 Å². The molecule has 0 spiro atoms. The minimum Gasteiger partial charge on any atom is -0.338 e. The fourth-order valence-electron chi connectivity index (χ4n) is 3.79. The number of thiophene rings is 1. The van der Waals surface area contributed by atoms with Crippen molar-refractivity contribution >= 4 is 33.4 Å². The number of imidazole rings is 1. The summed E-state index contributed by atoms with van der Waals surface area (Å²) < 4.78 is 2.04. The number of aryl methyl sites for hydroxylation is 1. The third-order valence-electron chi connectivity index (χ3n) is 5.51. The maximum absolute atomic E-state index is 4.91. The first-order valence-corrected chi connectivity index (χ1v) is 10.5. The Labute approximate surface area is 175 Å². The predicted molar refractivity (Wildman–Crippen MR) is 119 cm³/mol. The van der Waals surface area contributed by atoms with Crippen molar-refractivity contribution in [3.63, 3.8) is 0 Å². The lowest BCUT2D eigenvalue weighted by Gasteiger charge is -2.03. The van der Waals surface area contributed by atoms with Crippen LogP contribution in [0.2, 0.25) is 0 Å². The van der Waals surface area contributed by atoms with E-state index in [1.54, 1.807) is 11.3 Å². The van der Waals surface area contributed by atoms with Gasteiger partial charge in [-0.2, -0.15) is 16.4 Å². The first-order chi connectivity index (χ1) is 14.7. The van der Waals surface area contributed by atoms with Crippen molar-refractivity contribution < 1.29 is 0 Å². The smallest absolute Gasteiger partial charge is 0.138 e. The van der Waals surface area contributed by atoms with Crippen LogP contribution in [0, 0.1) is 6.92 Å². The van der Waals surface area contributed by atoms with Gasteiger partial charge in [0.05, 0.1) is 28.8 Å². The van der Waals surface area contributed by atoms with Crippen molar-refractivity contribution in [3.8, 4) is 33.9 Å². The van der Waals surface area contributed by atoms with Crippen LogP contribution < -0.4 is 0 Å². The zero-order valence-corrected chi connectivity index (χ0v) is 17.2. The predicted octanol–water partition coefficient (Wildman–Crippen LogP) is 4.94.